The normalized spacial score (nSPS) is 14.4. The van der Waals surface area contributed by atoms with Crippen molar-refractivity contribution in [2.24, 2.45) is 10.7 Å². The fourth-order valence-electron chi connectivity index (χ4n) is 2.68. The highest BCUT2D eigenvalue weighted by Crippen LogP contribution is 2.24. The molecule has 5 nitrogen and oxygen atoms in total. The molecule has 1 fully saturated rings. The van der Waals surface area contributed by atoms with E-state index >= 15 is 0 Å². The lowest BCUT2D eigenvalue weighted by atomic mass is 9.96. The summed E-state index contributed by atoms with van der Waals surface area (Å²) in [6.45, 7) is 4.62. The van der Waals surface area contributed by atoms with Crippen molar-refractivity contribution in [1.29, 1.82) is 0 Å². The zero-order valence-electron chi connectivity index (χ0n) is 14.7. The quantitative estimate of drug-likeness (QED) is 0.406. The van der Waals surface area contributed by atoms with Gasteiger partial charge in [0.2, 0.25) is 5.88 Å². The van der Waals surface area contributed by atoms with Crippen LogP contribution in [0.25, 0.3) is 0 Å². The van der Waals surface area contributed by atoms with E-state index in [0.717, 1.165) is 24.1 Å². The number of hydrogen-bond acceptors (Lipinski definition) is 3. The minimum absolute atomic E-state index is 0. The zero-order valence-corrected chi connectivity index (χ0v) is 17.0. The number of aromatic nitrogens is 1. The van der Waals surface area contributed by atoms with Crippen LogP contribution in [0, 0.1) is 13.8 Å². The fourth-order valence-corrected chi connectivity index (χ4v) is 2.68. The van der Waals surface area contributed by atoms with Gasteiger partial charge in [-0.1, -0.05) is 6.07 Å². The third-order valence-electron chi connectivity index (χ3n) is 4.06. The van der Waals surface area contributed by atoms with Gasteiger partial charge in [0.25, 0.3) is 0 Å². The Labute approximate surface area is 166 Å². The van der Waals surface area contributed by atoms with E-state index in [1.54, 1.807) is 6.20 Å². The van der Waals surface area contributed by atoms with Crippen molar-refractivity contribution < 1.29 is 4.74 Å². The smallest absolute Gasteiger partial charge is 0.213 e. The Balaban J connectivity index is 0.00000225. The third kappa shape index (κ3) is 5.88. The molecule has 0 aliphatic heterocycles. The van der Waals surface area contributed by atoms with Crippen LogP contribution in [0.5, 0.6) is 5.88 Å². The number of aryl methyl sites for hydroxylation is 2. The van der Waals surface area contributed by atoms with Gasteiger partial charge in [0.15, 0.2) is 5.96 Å². The molecule has 0 atom stereocenters. The standard InChI is InChI=1S/C19H24N4O.HI/c1-13-8-14(2)10-16(9-13)23-19(20)22-12-15-6-7-21-18(11-15)24-17-4-3-5-17;/h6-11,17H,3-5,12H2,1-2H3,(H3,20,22,23);1H. The second kappa shape index (κ2) is 9.03. The van der Waals surface area contributed by atoms with Gasteiger partial charge in [0.1, 0.15) is 6.10 Å². The molecule has 0 radical (unpaired) electrons. The molecule has 1 aromatic heterocycles. The minimum atomic E-state index is 0. The molecule has 25 heavy (non-hydrogen) atoms. The maximum absolute atomic E-state index is 6.00. The van der Waals surface area contributed by atoms with Crippen molar-refractivity contribution in [3.63, 3.8) is 0 Å². The van der Waals surface area contributed by atoms with Crippen LogP contribution in [0.2, 0.25) is 0 Å². The monoisotopic (exact) mass is 452 g/mol. The first-order valence-corrected chi connectivity index (χ1v) is 8.35. The average molecular weight is 452 g/mol. The maximum Gasteiger partial charge on any atom is 0.213 e. The molecule has 1 aliphatic carbocycles. The molecule has 1 aromatic carbocycles. The molecular weight excluding hydrogens is 427 g/mol. The van der Waals surface area contributed by atoms with Crippen molar-refractivity contribution >= 4 is 35.6 Å². The molecule has 1 heterocycles. The predicted molar refractivity (Wildman–Crippen MR) is 113 cm³/mol. The van der Waals surface area contributed by atoms with Gasteiger partial charge in [0.05, 0.1) is 6.54 Å². The van der Waals surface area contributed by atoms with E-state index in [0.29, 0.717) is 24.5 Å². The number of nitrogens with one attached hydrogen (secondary N) is 1. The Kier molecular flexibility index (Phi) is 7.04. The SMILES string of the molecule is Cc1cc(C)cc(NC(N)=NCc2ccnc(OC3CCC3)c2)c1.I. The lowest BCUT2D eigenvalue weighted by Crippen LogP contribution is -2.25. The second-order valence-corrected chi connectivity index (χ2v) is 6.38. The molecule has 0 spiro atoms. The summed E-state index contributed by atoms with van der Waals surface area (Å²) in [4.78, 5) is 8.66. The van der Waals surface area contributed by atoms with Gasteiger partial charge >= 0.3 is 0 Å². The van der Waals surface area contributed by atoms with Crippen LogP contribution in [0.3, 0.4) is 0 Å². The lowest BCUT2D eigenvalue weighted by molar-refractivity contribution is 0.114. The van der Waals surface area contributed by atoms with Crippen LogP contribution in [0.1, 0.15) is 36.0 Å². The van der Waals surface area contributed by atoms with E-state index in [2.05, 4.69) is 35.2 Å². The third-order valence-corrected chi connectivity index (χ3v) is 4.06. The number of benzene rings is 1. The van der Waals surface area contributed by atoms with Gasteiger partial charge in [0, 0.05) is 18.0 Å². The van der Waals surface area contributed by atoms with Crippen LogP contribution in [0.15, 0.2) is 41.5 Å². The Morgan fingerprint density at radius 2 is 1.96 bits per heavy atom. The van der Waals surface area contributed by atoms with Gasteiger partial charge in [-0.3, -0.25) is 0 Å². The summed E-state index contributed by atoms with van der Waals surface area (Å²) in [6, 6.07) is 10.1. The van der Waals surface area contributed by atoms with E-state index in [1.165, 1.54) is 17.5 Å². The Morgan fingerprint density at radius 3 is 2.60 bits per heavy atom. The highest BCUT2D eigenvalue weighted by atomic mass is 127. The number of hydrogen-bond donors (Lipinski definition) is 2. The largest absolute Gasteiger partial charge is 0.474 e. The van der Waals surface area contributed by atoms with E-state index in [1.807, 2.05) is 24.3 Å². The van der Waals surface area contributed by atoms with Crippen molar-refractivity contribution in [3.05, 3.63) is 53.2 Å². The van der Waals surface area contributed by atoms with E-state index in [9.17, 15) is 0 Å². The highest BCUT2D eigenvalue weighted by Gasteiger charge is 2.19. The first-order chi connectivity index (χ1) is 11.6. The number of aliphatic imine (C=N–C) groups is 1. The Hall–Kier alpha value is -1.83. The lowest BCUT2D eigenvalue weighted by Gasteiger charge is -2.25. The summed E-state index contributed by atoms with van der Waals surface area (Å²) in [5.74, 6) is 1.08. The predicted octanol–water partition coefficient (Wildman–Crippen LogP) is 4.17. The molecule has 134 valence electrons. The van der Waals surface area contributed by atoms with Crippen molar-refractivity contribution in [1.82, 2.24) is 4.98 Å². The number of pyridine rings is 1. The van der Waals surface area contributed by atoms with Crippen LogP contribution in [-0.4, -0.2) is 17.0 Å². The second-order valence-electron chi connectivity index (χ2n) is 6.38. The molecule has 0 unspecified atom stereocenters. The van der Waals surface area contributed by atoms with E-state index < -0.39 is 0 Å². The molecule has 3 N–H and O–H groups in total. The topological polar surface area (TPSA) is 72.5 Å². The molecule has 1 aliphatic rings. The first-order valence-electron chi connectivity index (χ1n) is 8.35. The summed E-state index contributed by atoms with van der Waals surface area (Å²) in [5, 5.41) is 3.14. The molecule has 6 heteroatoms. The average Bonchev–Trinajstić information content (AvgIpc) is 2.48. The molecule has 2 aromatic rings. The summed E-state index contributed by atoms with van der Waals surface area (Å²) >= 11 is 0. The van der Waals surface area contributed by atoms with E-state index in [-0.39, 0.29) is 24.0 Å². The van der Waals surface area contributed by atoms with Gasteiger partial charge in [-0.2, -0.15) is 0 Å². The Morgan fingerprint density at radius 1 is 1.24 bits per heavy atom. The molecule has 0 saturated heterocycles. The molecule has 3 rings (SSSR count). The molecular formula is C19H25IN4O. The fraction of sp³-hybridized carbons (Fsp3) is 0.368. The summed E-state index contributed by atoms with van der Waals surface area (Å²) < 4.78 is 5.81. The van der Waals surface area contributed by atoms with Crippen LogP contribution >= 0.6 is 24.0 Å². The minimum Gasteiger partial charge on any atom is -0.474 e. The van der Waals surface area contributed by atoms with Crippen LogP contribution < -0.4 is 15.8 Å². The number of ether oxygens (including phenoxy) is 1. The van der Waals surface area contributed by atoms with Crippen molar-refractivity contribution in [3.8, 4) is 5.88 Å². The molecule has 0 bridgehead atoms. The zero-order chi connectivity index (χ0) is 16.9. The number of rotatable bonds is 5. The number of nitrogens with zero attached hydrogens (tertiary/aromatic N) is 2. The van der Waals surface area contributed by atoms with Gasteiger partial charge in [-0.25, -0.2) is 9.98 Å². The number of anilines is 1. The van der Waals surface area contributed by atoms with Crippen molar-refractivity contribution in [2.75, 3.05) is 5.32 Å². The molecule has 1 saturated carbocycles. The van der Waals surface area contributed by atoms with Gasteiger partial charge < -0.3 is 15.8 Å². The maximum atomic E-state index is 6.00. The van der Waals surface area contributed by atoms with Crippen molar-refractivity contribution in [2.45, 2.75) is 45.8 Å². The van der Waals surface area contributed by atoms with Gasteiger partial charge in [-0.15, -0.1) is 24.0 Å². The number of nitrogens with two attached hydrogens (primary N) is 1. The number of guanidine groups is 1. The molecule has 0 amide bonds. The first kappa shape index (κ1) is 19.5. The summed E-state index contributed by atoms with van der Waals surface area (Å²) in [7, 11) is 0. The Bertz CT molecular complexity index is 724. The van der Waals surface area contributed by atoms with E-state index in [4.69, 9.17) is 10.5 Å². The summed E-state index contributed by atoms with van der Waals surface area (Å²) in [5.41, 5.74) is 10.4. The van der Waals surface area contributed by atoms with Crippen LogP contribution in [0.4, 0.5) is 5.69 Å². The number of halogens is 1. The van der Waals surface area contributed by atoms with Crippen LogP contribution in [-0.2, 0) is 6.54 Å². The van der Waals surface area contributed by atoms with Gasteiger partial charge in [-0.05, 0) is 68.0 Å². The highest BCUT2D eigenvalue weighted by molar-refractivity contribution is 14.0. The summed E-state index contributed by atoms with van der Waals surface area (Å²) in [6.07, 6.45) is 5.57.